The number of nitrogens with zero attached hydrogens (tertiary/aromatic N) is 3. The zero-order valence-corrected chi connectivity index (χ0v) is 15.8. The fourth-order valence-corrected chi connectivity index (χ4v) is 3.37. The molecule has 1 heterocycles. The van der Waals surface area contributed by atoms with Crippen molar-refractivity contribution in [3.63, 3.8) is 0 Å². The van der Waals surface area contributed by atoms with Crippen molar-refractivity contribution in [2.24, 2.45) is 5.14 Å². The van der Waals surface area contributed by atoms with Crippen molar-refractivity contribution in [2.75, 3.05) is 20.3 Å². The van der Waals surface area contributed by atoms with Crippen molar-refractivity contribution in [3.8, 4) is 0 Å². The van der Waals surface area contributed by atoms with E-state index in [-0.39, 0.29) is 16.4 Å². The van der Waals surface area contributed by atoms with Gasteiger partial charge < -0.3 is 14.6 Å². The van der Waals surface area contributed by atoms with Crippen LogP contribution in [0.1, 0.15) is 27.3 Å². The van der Waals surface area contributed by atoms with Gasteiger partial charge in [-0.3, -0.25) is 4.79 Å². The second kappa shape index (κ2) is 8.39. The maximum absolute atomic E-state index is 12.4. The van der Waals surface area contributed by atoms with Crippen molar-refractivity contribution in [2.45, 2.75) is 31.7 Å². The van der Waals surface area contributed by atoms with Crippen LogP contribution in [-0.2, 0) is 27.7 Å². The van der Waals surface area contributed by atoms with E-state index in [1.54, 1.807) is 33.4 Å². The summed E-state index contributed by atoms with van der Waals surface area (Å²) in [5, 5.41) is 15.9. The van der Waals surface area contributed by atoms with E-state index < -0.39 is 10.0 Å². The van der Waals surface area contributed by atoms with E-state index in [9.17, 15) is 13.2 Å². The molecule has 0 unspecified atom stereocenters. The van der Waals surface area contributed by atoms with Gasteiger partial charge in [-0.2, -0.15) is 0 Å². The zero-order valence-electron chi connectivity index (χ0n) is 15.0. The molecule has 1 aromatic carbocycles. The normalized spacial score (nSPS) is 11.5. The molecule has 0 saturated carbocycles. The molecule has 0 fully saturated rings. The number of sulfonamides is 1. The van der Waals surface area contributed by atoms with Gasteiger partial charge in [0.25, 0.3) is 5.91 Å². The highest BCUT2D eigenvalue weighted by Crippen LogP contribution is 2.20. The Morgan fingerprint density at radius 3 is 2.73 bits per heavy atom. The summed E-state index contributed by atoms with van der Waals surface area (Å²) in [6.45, 7) is 4.89. The van der Waals surface area contributed by atoms with E-state index in [4.69, 9.17) is 9.88 Å². The first-order valence-electron chi connectivity index (χ1n) is 8.02. The highest BCUT2D eigenvalue weighted by atomic mass is 32.2. The standard InChI is InChI=1S/C16H23N5O4S/c1-11-8-13(9-14(12(11)2)26(17,23)24)16(22)18-5-4-15-20-19-10-21(15)6-7-25-3/h8-10H,4-7H2,1-3H3,(H,18,22)(H2,17,23,24). The van der Waals surface area contributed by atoms with Crippen LogP contribution < -0.4 is 10.5 Å². The fourth-order valence-electron chi connectivity index (χ4n) is 2.49. The van der Waals surface area contributed by atoms with Gasteiger partial charge in [-0.15, -0.1) is 10.2 Å². The van der Waals surface area contributed by atoms with Gasteiger partial charge in [-0.25, -0.2) is 13.6 Å². The molecule has 26 heavy (non-hydrogen) atoms. The van der Waals surface area contributed by atoms with Crippen LogP contribution in [0, 0.1) is 13.8 Å². The van der Waals surface area contributed by atoms with Crippen LogP contribution in [0.3, 0.4) is 0 Å². The summed E-state index contributed by atoms with van der Waals surface area (Å²) in [4.78, 5) is 12.3. The van der Waals surface area contributed by atoms with Gasteiger partial charge in [-0.05, 0) is 37.1 Å². The van der Waals surface area contributed by atoms with Crippen LogP contribution in [0.5, 0.6) is 0 Å². The zero-order chi connectivity index (χ0) is 19.3. The van der Waals surface area contributed by atoms with Gasteiger partial charge in [0.15, 0.2) is 0 Å². The molecule has 2 aromatic rings. The lowest BCUT2D eigenvalue weighted by Gasteiger charge is -2.11. The first kappa shape index (κ1) is 20.0. The number of carbonyl (C=O) groups is 1. The molecule has 9 nitrogen and oxygen atoms in total. The molecule has 0 atom stereocenters. The second-order valence-corrected chi connectivity index (χ2v) is 7.43. The molecule has 0 aliphatic heterocycles. The minimum Gasteiger partial charge on any atom is -0.383 e. The van der Waals surface area contributed by atoms with E-state index in [0.29, 0.717) is 37.2 Å². The summed E-state index contributed by atoms with van der Waals surface area (Å²) < 4.78 is 30.3. The number of hydrogen-bond donors (Lipinski definition) is 2. The average molecular weight is 381 g/mol. The maximum atomic E-state index is 12.4. The number of primary sulfonamides is 1. The third-order valence-corrected chi connectivity index (χ3v) is 5.09. The summed E-state index contributed by atoms with van der Waals surface area (Å²) in [5.74, 6) is 0.355. The van der Waals surface area contributed by atoms with Crippen LogP contribution in [-0.4, -0.2) is 49.4 Å². The largest absolute Gasteiger partial charge is 0.383 e. The topological polar surface area (TPSA) is 129 Å². The molecule has 0 spiro atoms. The van der Waals surface area contributed by atoms with Gasteiger partial charge in [-0.1, -0.05) is 0 Å². The van der Waals surface area contributed by atoms with Gasteiger partial charge in [0.2, 0.25) is 10.0 Å². The minimum atomic E-state index is -3.90. The molecule has 142 valence electrons. The van der Waals surface area contributed by atoms with Crippen molar-refractivity contribution < 1.29 is 17.9 Å². The molecular formula is C16H23N5O4S. The lowest BCUT2D eigenvalue weighted by molar-refractivity contribution is 0.0953. The number of ether oxygens (including phenoxy) is 1. The van der Waals surface area contributed by atoms with Crippen molar-refractivity contribution in [3.05, 3.63) is 41.0 Å². The third-order valence-electron chi connectivity index (χ3n) is 4.05. The number of rotatable bonds is 8. The van der Waals surface area contributed by atoms with E-state index in [1.807, 2.05) is 4.57 Å². The summed E-state index contributed by atoms with van der Waals surface area (Å²) in [6.07, 6.45) is 2.10. The monoisotopic (exact) mass is 381 g/mol. The van der Waals surface area contributed by atoms with Crippen LogP contribution in [0.25, 0.3) is 0 Å². The van der Waals surface area contributed by atoms with Crippen LogP contribution in [0.15, 0.2) is 23.4 Å². The molecule has 1 aromatic heterocycles. The third kappa shape index (κ3) is 4.87. The van der Waals surface area contributed by atoms with Gasteiger partial charge in [0, 0.05) is 32.2 Å². The number of benzene rings is 1. The Balaban J connectivity index is 2.05. The molecule has 3 N–H and O–H groups in total. The summed E-state index contributed by atoms with van der Waals surface area (Å²) >= 11 is 0. The van der Waals surface area contributed by atoms with Crippen molar-refractivity contribution >= 4 is 15.9 Å². The number of hydrogen-bond acceptors (Lipinski definition) is 6. The predicted molar refractivity (Wildman–Crippen MR) is 95.2 cm³/mol. The second-order valence-electron chi connectivity index (χ2n) is 5.90. The van der Waals surface area contributed by atoms with Crippen molar-refractivity contribution in [1.82, 2.24) is 20.1 Å². The van der Waals surface area contributed by atoms with E-state index in [1.165, 1.54) is 6.07 Å². The predicted octanol–water partition coefficient (Wildman–Crippen LogP) is 0.161. The molecule has 0 radical (unpaired) electrons. The number of aryl methyl sites for hydroxylation is 1. The maximum Gasteiger partial charge on any atom is 0.251 e. The molecule has 10 heteroatoms. The lowest BCUT2D eigenvalue weighted by atomic mass is 10.1. The Hall–Kier alpha value is -2.30. The van der Waals surface area contributed by atoms with Crippen LogP contribution in [0.2, 0.25) is 0 Å². The lowest BCUT2D eigenvalue weighted by Crippen LogP contribution is -2.27. The highest BCUT2D eigenvalue weighted by molar-refractivity contribution is 7.89. The molecule has 1 amide bonds. The molecule has 0 bridgehead atoms. The quantitative estimate of drug-likeness (QED) is 0.670. The van der Waals surface area contributed by atoms with Crippen molar-refractivity contribution in [1.29, 1.82) is 0 Å². The number of aromatic nitrogens is 3. The van der Waals surface area contributed by atoms with E-state index in [2.05, 4.69) is 15.5 Å². The van der Waals surface area contributed by atoms with Gasteiger partial charge in [0.05, 0.1) is 11.5 Å². The summed E-state index contributed by atoms with van der Waals surface area (Å²) in [6, 6.07) is 2.94. The Morgan fingerprint density at radius 1 is 1.35 bits per heavy atom. The summed E-state index contributed by atoms with van der Waals surface area (Å²) in [7, 11) is -2.28. The van der Waals surface area contributed by atoms with Gasteiger partial charge in [0.1, 0.15) is 12.2 Å². The van der Waals surface area contributed by atoms with E-state index >= 15 is 0 Å². The average Bonchev–Trinajstić information content (AvgIpc) is 3.01. The smallest absolute Gasteiger partial charge is 0.251 e. The number of methoxy groups -OCH3 is 1. The molecule has 2 rings (SSSR count). The molecule has 0 aliphatic rings. The number of nitrogens with two attached hydrogens (primary N) is 1. The fraction of sp³-hybridized carbons (Fsp3) is 0.438. The number of nitrogens with one attached hydrogen (secondary N) is 1. The van der Waals surface area contributed by atoms with E-state index in [0.717, 1.165) is 5.82 Å². The molecule has 0 aliphatic carbocycles. The molecular weight excluding hydrogens is 358 g/mol. The highest BCUT2D eigenvalue weighted by Gasteiger charge is 2.17. The number of carbonyl (C=O) groups excluding carboxylic acids is 1. The molecule has 0 saturated heterocycles. The van der Waals surface area contributed by atoms with Crippen LogP contribution >= 0.6 is 0 Å². The van der Waals surface area contributed by atoms with Gasteiger partial charge >= 0.3 is 0 Å². The minimum absolute atomic E-state index is 0.0399. The Kier molecular flexibility index (Phi) is 6.46. The first-order valence-corrected chi connectivity index (χ1v) is 9.56. The summed E-state index contributed by atoms with van der Waals surface area (Å²) in [5.41, 5.74) is 1.47. The Labute approximate surface area is 152 Å². The first-order chi connectivity index (χ1) is 12.2. The van der Waals surface area contributed by atoms with Crippen LogP contribution in [0.4, 0.5) is 0 Å². The Morgan fingerprint density at radius 2 is 2.08 bits per heavy atom. The number of amides is 1. The Bertz CT molecular complexity index is 892. The SMILES string of the molecule is COCCn1cnnc1CCNC(=O)c1cc(C)c(C)c(S(N)(=O)=O)c1.